The zero-order valence-electron chi connectivity index (χ0n) is 12.4. The van der Waals surface area contributed by atoms with Crippen LogP contribution in [0.3, 0.4) is 0 Å². The number of nitrogens with one attached hydrogen (secondary N) is 1. The van der Waals surface area contributed by atoms with E-state index in [2.05, 4.69) is 43.5 Å². The van der Waals surface area contributed by atoms with Crippen LogP contribution < -0.4 is 11.3 Å². The summed E-state index contributed by atoms with van der Waals surface area (Å²) in [6, 6.07) is 9.23. The average molecular weight is 260 g/mol. The summed E-state index contributed by atoms with van der Waals surface area (Å²) in [5, 5.41) is 0. The predicted octanol–water partition coefficient (Wildman–Crippen LogP) is 3.59. The third-order valence-corrected chi connectivity index (χ3v) is 4.72. The monoisotopic (exact) mass is 260 g/mol. The summed E-state index contributed by atoms with van der Waals surface area (Å²) < 4.78 is 0. The number of hydrogen-bond acceptors (Lipinski definition) is 2. The van der Waals surface area contributed by atoms with Crippen LogP contribution in [0, 0.1) is 18.8 Å². The highest BCUT2D eigenvalue weighted by atomic mass is 15.2. The molecule has 1 aromatic rings. The van der Waals surface area contributed by atoms with E-state index < -0.39 is 0 Å². The van der Waals surface area contributed by atoms with E-state index in [1.807, 2.05) is 0 Å². The predicted molar refractivity (Wildman–Crippen MR) is 81.7 cm³/mol. The van der Waals surface area contributed by atoms with E-state index in [1.54, 1.807) is 0 Å². The summed E-state index contributed by atoms with van der Waals surface area (Å²) >= 11 is 0. The molecule has 0 aromatic heterocycles. The van der Waals surface area contributed by atoms with Crippen LogP contribution in [0.2, 0.25) is 0 Å². The van der Waals surface area contributed by atoms with Gasteiger partial charge in [-0.2, -0.15) is 0 Å². The van der Waals surface area contributed by atoms with Crippen molar-refractivity contribution < 1.29 is 0 Å². The van der Waals surface area contributed by atoms with E-state index in [0.29, 0.717) is 6.04 Å². The first-order valence-electron chi connectivity index (χ1n) is 7.74. The molecule has 0 aliphatic heterocycles. The molecule has 0 bridgehead atoms. The molecule has 1 aliphatic carbocycles. The Hall–Kier alpha value is -0.860. The summed E-state index contributed by atoms with van der Waals surface area (Å²) in [5.41, 5.74) is 5.83. The Labute approximate surface area is 117 Å². The minimum atomic E-state index is 0.427. The van der Waals surface area contributed by atoms with Gasteiger partial charge in [0.15, 0.2) is 0 Å². The summed E-state index contributed by atoms with van der Waals surface area (Å²) in [4.78, 5) is 0. The third-order valence-electron chi connectivity index (χ3n) is 4.72. The Morgan fingerprint density at radius 3 is 2.89 bits per heavy atom. The molecule has 2 rings (SSSR count). The van der Waals surface area contributed by atoms with Gasteiger partial charge in [-0.25, -0.2) is 0 Å². The second-order valence-electron chi connectivity index (χ2n) is 6.17. The SMILES string of the molecule is CCC1CCCC(C(Cc2cccc(C)c2)NN)C1. The Kier molecular flexibility index (Phi) is 5.41. The van der Waals surface area contributed by atoms with Gasteiger partial charge in [0.1, 0.15) is 0 Å². The minimum Gasteiger partial charge on any atom is -0.271 e. The lowest BCUT2D eigenvalue weighted by Gasteiger charge is -2.34. The van der Waals surface area contributed by atoms with Crippen LogP contribution in [-0.4, -0.2) is 6.04 Å². The maximum absolute atomic E-state index is 5.83. The average Bonchev–Trinajstić information content (AvgIpc) is 2.45. The molecule has 3 unspecified atom stereocenters. The number of hydrazine groups is 1. The molecule has 3 N–H and O–H groups in total. The van der Waals surface area contributed by atoms with Crippen molar-refractivity contribution in [3.63, 3.8) is 0 Å². The fourth-order valence-electron chi connectivity index (χ4n) is 3.52. The number of aryl methyl sites for hydroxylation is 1. The highest BCUT2D eigenvalue weighted by molar-refractivity contribution is 5.23. The van der Waals surface area contributed by atoms with E-state index in [9.17, 15) is 0 Å². The normalized spacial score (nSPS) is 25.2. The van der Waals surface area contributed by atoms with Crippen LogP contribution in [0.4, 0.5) is 0 Å². The fraction of sp³-hybridized carbons (Fsp3) is 0.647. The van der Waals surface area contributed by atoms with Crippen molar-refractivity contribution >= 4 is 0 Å². The second kappa shape index (κ2) is 7.06. The Morgan fingerprint density at radius 1 is 1.37 bits per heavy atom. The zero-order chi connectivity index (χ0) is 13.7. The largest absolute Gasteiger partial charge is 0.271 e. The van der Waals surface area contributed by atoms with Gasteiger partial charge in [0.25, 0.3) is 0 Å². The summed E-state index contributed by atoms with van der Waals surface area (Å²) in [5.74, 6) is 7.48. The highest BCUT2D eigenvalue weighted by Crippen LogP contribution is 2.33. The number of benzene rings is 1. The smallest absolute Gasteiger partial charge is 0.0279 e. The fourth-order valence-corrected chi connectivity index (χ4v) is 3.52. The zero-order valence-corrected chi connectivity index (χ0v) is 12.4. The van der Waals surface area contributed by atoms with Crippen LogP contribution >= 0.6 is 0 Å². The first kappa shape index (κ1) is 14.5. The lowest BCUT2D eigenvalue weighted by molar-refractivity contribution is 0.208. The summed E-state index contributed by atoms with van der Waals surface area (Å²) in [7, 11) is 0. The van der Waals surface area contributed by atoms with Gasteiger partial charge in [0, 0.05) is 6.04 Å². The summed E-state index contributed by atoms with van der Waals surface area (Å²) in [6.45, 7) is 4.47. The van der Waals surface area contributed by atoms with Crippen molar-refractivity contribution in [2.45, 2.75) is 58.4 Å². The van der Waals surface area contributed by atoms with Gasteiger partial charge < -0.3 is 0 Å². The van der Waals surface area contributed by atoms with Gasteiger partial charge in [-0.1, -0.05) is 56.0 Å². The molecule has 2 heteroatoms. The molecule has 0 radical (unpaired) electrons. The van der Waals surface area contributed by atoms with E-state index in [-0.39, 0.29) is 0 Å². The van der Waals surface area contributed by atoms with E-state index in [1.165, 1.54) is 43.2 Å². The standard InChI is InChI=1S/C17H28N2/c1-3-14-7-5-9-16(11-14)17(19-18)12-15-8-4-6-13(2)10-15/h4,6,8,10,14,16-17,19H,3,5,7,9,11-12,18H2,1-2H3. The minimum absolute atomic E-state index is 0.427. The van der Waals surface area contributed by atoms with Crippen LogP contribution in [0.25, 0.3) is 0 Å². The van der Waals surface area contributed by atoms with Crippen molar-refractivity contribution in [3.8, 4) is 0 Å². The lowest BCUT2D eigenvalue weighted by atomic mass is 9.75. The molecule has 0 saturated heterocycles. The molecule has 3 atom stereocenters. The van der Waals surface area contributed by atoms with Crippen molar-refractivity contribution in [1.82, 2.24) is 5.43 Å². The molecule has 0 heterocycles. The molecule has 1 aliphatic rings. The van der Waals surface area contributed by atoms with E-state index in [0.717, 1.165) is 18.3 Å². The van der Waals surface area contributed by atoms with Crippen molar-refractivity contribution in [2.24, 2.45) is 17.7 Å². The summed E-state index contributed by atoms with van der Waals surface area (Å²) in [6.07, 6.45) is 7.83. The van der Waals surface area contributed by atoms with Crippen molar-refractivity contribution in [1.29, 1.82) is 0 Å². The highest BCUT2D eigenvalue weighted by Gasteiger charge is 2.27. The van der Waals surface area contributed by atoms with Crippen LogP contribution in [0.5, 0.6) is 0 Å². The Balaban J connectivity index is 1.99. The molecule has 1 saturated carbocycles. The molecule has 106 valence electrons. The topological polar surface area (TPSA) is 38.0 Å². The number of rotatable bonds is 5. The molecule has 0 amide bonds. The van der Waals surface area contributed by atoms with Gasteiger partial charge in [-0.15, -0.1) is 0 Å². The van der Waals surface area contributed by atoms with Crippen LogP contribution in [0.1, 0.15) is 50.2 Å². The van der Waals surface area contributed by atoms with Crippen molar-refractivity contribution in [2.75, 3.05) is 0 Å². The quantitative estimate of drug-likeness (QED) is 0.627. The maximum atomic E-state index is 5.83. The first-order chi connectivity index (χ1) is 9.22. The Bertz CT molecular complexity index is 389. The number of hydrogen-bond donors (Lipinski definition) is 2. The van der Waals surface area contributed by atoms with E-state index in [4.69, 9.17) is 5.84 Å². The third kappa shape index (κ3) is 4.05. The van der Waals surface area contributed by atoms with Gasteiger partial charge in [0.2, 0.25) is 0 Å². The van der Waals surface area contributed by atoms with Crippen LogP contribution in [-0.2, 0) is 6.42 Å². The van der Waals surface area contributed by atoms with Gasteiger partial charge in [0.05, 0.1) is 0 Å². The second-order valence-corrected chi connectivity index (χ2v) is 6.17. The van der Waals surface area contributed by atoms with E-state index >= 15 is 0 Å². The number of nitrogens with two attached hydrogens (primary N) is 1. The van der Waals surface area contributed by atoms with Crippen LogP contribution in [0.15, 0.2) is 24.3 Å². The molecule has 2 nitrogen and oxygen atoms in total. The van der Waals surface area contributed by atoms with Gasteiger partial charge in [-0.05, 0) is 43.6 Å². The molecule has 19 heavy (non-hydrogen) atoms. The molecular formula is C17H28N2. The molecular weight excluding hydrogens is 232 g/mol. The maximum Gasteiger partial charge on any atom is 0.0279 e. The molecule has 1 fully saturated rings. The van der Waals surface area contributed by atoms with Crippen molar-refractivity contribution in [3.05, 3.63) is 35.4 Å². The van der Waals surface area contributed by atoms with Gasteiger partial charge in [-0.3, -0.25) is 11.3 Å². The lowest BCUT2D eigenvalue weighted by Crippen LogP contribution is -2.44. The molecule has 1 aromatic carbocycles. The first-order valence-corrected chi connectivity index (χ1v) is 7.74. The molecule has 0 spiro atoms. The Morgan fingerprint density at radius 2 is 2.21 bits per heavy atom. The van der Waals surface area contributed by atoms with Gasteiger partial charge >= 0.3 is 0 Å².